The quantitative estimate of drug-likeness (QED) is 0.787. The SMILES string of the molecule is Nc1ncc(Br)cc1C(=O)NCCCCn1ccnc1. The van der Waals surface area contributed by atoms with Crippen molar-refractivity contribution in [2.24, 2.45) is 0 Å². The first-order valence-electron chi connectivity index (χ1n) is 6.32. The maximum atomic E-state index is 11.9. The molecule has 0 atom stereocenters. The van der Waals surface area contributed by atoms with Crippen LogP contribution in [0.2, 0.25) is 0 Å². The molecule has 0 unspecified atom stereocenters. The topological polar surface area (TPSA) is 85.8 Å². The van der Waals surface area contributed by atoms with Gasteiger partial charge in [-0.05, 0) is 34.8 Å². The number of aryl methyl sites for hydroxylation is 1. The number of nitrogen functional groups attached to an aromatic ring is 1. The van der Waals surface area contributed by atoms with Gasteiger partial charge in [0, 0.05) is 36.2 Å². The molecule has 2 rings (SSSR count). The fraction of sp³-hybridized carbons (Fsp3) is 0.308. The van der Waals surface area contributed by atoms with Crippen molar-refractivity contribution in [1.29, 1.82) is 0 Å². The number of pyridine rings is 1. The maximum Gasteiger partial charge on any atom is 0.255 e. The van der Waals surface area contributed by atoms with Gasteiger partial charge in [0.25, 0.3) is 5.91 Å². The molecule has 0 saturated carbocycles. The summed E-state index contributed by atoms with van der Waals surface area (Å²) in [5.41, 5.74) is 6.08. The number of nitrogens with two attached hydrogens (primary N) is 1. The average molecular weight is 338 g/mol. The lowest BCUT2D eigenvalue weighted by Crippen LogP contribution is -2.25. The molecular weight excluding hydrogens is 322 g/mol. The molecule has 2 heterocycles. The zero-order valence-electron chi connectivity index (χ0n) is 10.9. The third-order valence-corrected chi connectivity index (χ3v) is 3.25. The molecule has 7 heteroatoms. The Labute approximate surface area is 125 Å². The van der Waals surface area contributed by atoms with E-state index in [0.29, 0.717) is 12.1 Å². The Bertz CT molecular complexity index is 570. The lowest BCUT2D eigenvalue weighted by Gasteiger charge is -2.07. The van der Waals surface area contributed by atoms with Crippen molar-refractivity contribution in [1.82, 2.24) is 19.9 Å². The number of carbonyl (C=O) groups excluding carboxylic acids is 1. The van der Waals surface area contributed by atoms with Crippen molar-refractivity contribution < 1.29 is 4.79 Å². The predicted molar refractivity (Wildman–Crippen MR) is 80.1 cm³/mol. The van der Waals surface area contributed by atoms with Crippen molar-refractivity contribution in [2.45, 2.75) is 19.4 Å². The van der Waals surface area contributed by atoms with Crippen LogP contribution in [0.15, 0.2) is 35.5 Å². The number of nitrogens with one attached hydrogen (secondary N) is 1. The molecule has 0 aliphatic carbocycles. The third kappa shape index (κ3) is 4.06. The number of hydrogen-bond acceptors (Lipinski definition) is 4. The molecule has 1 amide bonds. The molecule has 20 heavy (non-hydrogen) atoms. The number of unbranched alkanes of at least 4 members (excludes halogenated alkanes) is 1. The minimum Gasteiger partial charge on any atom is -0.383 e. The van der Waals surface area contributed by atoms with Crippen molar-refractivity contribution in [3.05, 3.63) is 41.0 Å². The summed E-state index contributed by atoms with van der Waals surface area (Å²) in [7, 11) is 0. The lowest BCUT2D eigenvalue weighted by atomic mass is 10.2. The van der Waals surface area contributed by atoms with Gasteiger partial charge in [0.1, 0.15) is 5.82 Å². The van der Waals surface area contributed by atoms with Crippen LogP contribution in [-0.2, 0) is 6.54 Å². The van der Waals surface area contributed by atoms with Gasteiger partial charge in [0.05, 0.1) is 11.9 Å². The van der Waals surface area contributed by atoms with Gasteiger partial charge in [0.2, 0.25) is 0 Å². The molecule has 3 N–H and O–H groups in total. The van der Waals surface area contributed by atoms with Crippen LogP contribution in [0.1, 0.15) is 23.2 Å². The van der Waals surface area contributed by atoms with Gasteiger partial charge in [0.15, 0.2) is 0 Å². The van der Waals surface area contributed by atoms with Crippen molar-refractivity contribution >= 4 is 27.7 Å². The Morgan fingerprint density at radius 2 is 2.30 bits per heavy atom. The second kappa shape index (κ2) is 7.04. The molecule has 2 aromatic heterocycles. The first-order chi connectivity index (χ1) is 9.66. The van der Waals surface area contributed by atoms with Crippen LogP contribution in [-0.4, -0.2) is 27.0 Å². The highest BCUT2D eigenvalue weighted by atomic mass is 79.9. The number of hydrogen-bond donors (Lipinski definition) is 2. The number of rotatable bonds is 6. The summed E-state index contributed by atoms with van der Waals surface area (Å²) in [6, 6.07) is 1.67. The Kier molecular flexibility index (Phi) is 5.11. The van der Waals surface area contributed by atoms with E-state index in [1.807, 2.05) is 10.8 Å². The van der Waals surface area contributed by atoms with E-state index in [4.69, 9.17) is 5.73 Å². The zero-order valence-corrected chi connectivity index (χ0v) is 12.5. The Morgan fingerprint density at radius 1 is 1.45 bits per heavy atom. The summed E-state index contributed by atoms with van der Waals surface area (Å²) in [5, 5.41) is 2.84. The van der Waals surface area contributed by atoms with Crippen molar-refractivity contribution in [2.75, 3.05) is 12.3 Å². The Morgan fingerprint density at radius 3 is 3.05 bits per heavy atom. The number of anilines is 1. The minimum atomic E-state index is -0.195. The molecule has 0 aromatic carbocycles. The summed E-state index contributed by atoms with van der Waals surface area (Å²) >= 11 is 3.27. The van der Waals surface area contributed by atoms with Crippen LogP contribution in [0, 0.1) is 0 Å². The van der Waals surface area contributed by atoms with Gasteiger partial charge >= 0.3 is 0 Å². The van der Waals surface area contributed by atoms with E-state index in [1.165, 1.54) is 0 Å². The summed E-state index contributed by atoms with van der Waals surface area (Å²) in [6.07, 6.45) is 8.90. The van der Waals surface area contributed by atoms with E-state index in [-0.39, 0.29) is 11.7 Å². The summed E-state index contributed by atoms with van der Waals surface area (Å²) in [5.74, 6) is 0.0445. The molecule has 0 bridgehead atoms. The van der Waals surface area contributed by atoms with Crippen LogP contribution >= 0.6 is 15.9 Å². The van der Waals surface area contributed by atoms with Gasteiger partial charge in [-0.25, -0.2) is 9.97 Å². The Balaban J connectivity index is 1.73. The van der Waals surface area contributed by atoms with E-state index in [2.05, 4.69) is 31.2 Å². The number of imidazole rings is 1. The second-order valence-electron chi connectivity index (χ2n) is 4.35. The maximum absolute atomic E-state index is 11.9. The average Bonchev–Trinajstić information content (AvgIpc) is 2.94. The smallest absolute Gasteiger partial charge is 0.255 e. The van der Waals surface area contributed by atoms with Gasteiger partial charge in [-0.1, -0.05) is 0 Å². The number of aromatic nitrogens is 3. The standard InChI is InChI=1S/C13H16BrN5O/c14-10-7-11(12(15)18-8-10)13(20)17-3-1-2-5-19-6-4-16-9-19/h4,6-9H,1-3,5H2,(H2,15,18)(H,17,20). The fourth-order valence-corrected chi connectivity index (χ4v) is 2.10. The van der Waals surface area contributed by atoms with Gasteiger partial charge in [-0.3, -0.25) is 4.79 Å². The van der Waals surface area contributed by atoms with Gasteiger partial charge in [-0.15, -0.1) is 0 Å². The molecule has 0 fully saturated rings. The summed E-state index contributed by atoms with van der Waals surface area (Å²) in [6.45, 7) is 1.51. The molecule has 0 spiro atoms. The number of halogens is 1. The molecule has 0 aliphatic rings. The van der Waals surface area contributed by atoms with Crippen LogP contribution in [0.25, 0.3) is 0 Å². The minimum absolute atomic E-state index is 0.195. The van der Waals surface area contributed by atoms with Crippen LogP contribution in [0.4, 0.5) is 5.82 Å². The lowest BCUT2D eigenvalue weighted by molar-refractivity contribution is 0.0953. The fourth-order valence-electron chi connectivity index (χ4n) is 1.77. The van der Waals surface area contributed by atoms with Crippen LogP contribution in [0.3, 0.4) is 0 Å². The van der Waals surface area contributed by atoms with Crippen LogP contribution in [0.5, 0.6) is 0 Å². The summed E-state index contributed by atoms with van der Waals surface area (Å²) < 4.78 is 2.75. The van der Waals surface area contributed by atoms with Gasteiger partial charge in [-0.2, -0.15) is 0 Å². The highest BCUT2D eigenvalue weighted by molar-refractivity contribution is 9.10. The third-order valence-electron chi connectivity index (χ3n) is 2.82. The van der Waals surface area contributed by atoms with E-state index < -0.39 is 0 Å². The highest BCUT2D eigenvalue weighted by Gasteiger charge is 2.10. The summed E-state index contributed by atoms with van der Waals surface area (Å²) in [4.78, 5) is 19.9. The van der Waals surface area contributed by atoms with E-state index in [1.54, 1.807) is 24.8 Å². The van der Waals surface area contributed by atoms with Crippen LogP contribution < -0.4 is 11.1 Å². The first kappa shape index (κ1) is 14.5. The van der Waals surface area contributed by atoms with Crippen molar-refractivity contribution in [3.63, 3.8) is 0 Å². The molecule has 0 aliphatic heterocycles. The monoisotopic (exact) mass is 337 g/mol. The largest absolute Gasteiger partial charge is 0.383 e. The number of carbonyl (C=O) groups is 1. The normalized spacial score (nSPS) is 10.4. The molecular formula is C13H16BrN5O. The van der Waals surface area contributed by atoms with Gasteiger partial charge < -0.3 is 15.6 Å². The van der Waals surface area contributed by atoms with E-state index in [9.17, 15) is 4.79 Å². The first-order valence-corrected chi connectivity index (χ1v) is 7.11. The highest BCUT2D eigenvalue weighted by Crippen LogP contribution is 2.15. The number of nitrogens with zero attached hydrogens (tertiary/aromatic N) is 3. The molecule has 106 valence electrons. The van der Waals surface area contributed by atoms with E-state index in [0.717, 1.165) is 23.9 Å². The predicted octanol–water partition coefficient (Wildman–Crippen LogP) is 1.83. The second-order valence-corrected chi connectivity index (χ2v) is 5.27. The molecule has 2 aromatic rings. The number of amides is 1. The van der Waals surface area contributed by atoms with Crippen molar-refractivity contribution in [3.8, 4) is 0 Å². The zero-order chi connectivity index (χ0) is 14.4. The molecule has 0 saturated heterocycles. The molecule has 6 nitrogen and oxygen atoms in total. The Hall–Kier alpha value is -1.89. The molecule has 0 radical (unpaired) electrons. The van der Waals surface area contributed by atoms with E-state index >= 15 is 0 Å².